The van der Waals surface area contributed by atoms with Gasteiger partial charge in [0.05, 0.1) is 0 Å². The van der Waals surface area contributed by atoms with Crippen LogP contribution in [0.1, 0.15) is 19.8 Å². The summed E-state index contributed by atoms with van der Waals surface area (Å²) in [5.41, 5.74) is 0. The lowest BCUT2D eigenvalue weighted by Crippen LogP contribution is -2.08. The molecule has 0 rings (SSSR count). The molecular weight excluding hydrogens is 120 g/mol. The summed E-state index contributed by atoms with van der Waals surface area (Å²) in [5, 5.41) is 8.59. The lowest BCUT2D eigenvalue weighted by Gasteiger charge is -1.97. The largest absolute Gasteiger partial charge is 0.386 e. The molecule has 0 aliphatic carbocycles. The monoisotopic (exact) mass is 130 g/mol. The third-order valence-electron chi connectivity index (χ3n) is 0.949. The van der Waals surface area contributed by atoms with Crippen LogP contribution in [0.2, 0.25) is 0 Å². The Hall–Kier alpha value is -0.700. The second-order valence-electron chi connectivity index (χ2n) is 1.94. The minimum atomic E-state index is -0.964. The van der Waals surface area contributed by atoms with Gasteiger partial charge >= 0.3 is 0 Å². The zero-order chi connectivity index (χ0) is 7.28. The fraction of sp³-hybridized carbons (Fsp3) is 0.667. The van der Waals surface area contributed by atoms with E-state index < -0.39 is 6.10 Å². The van der Waals surface area contributed by atoms with Crippen molar-refractivity contribution in [3.8, 4) is 0 Å². The zero-order valence-electron chi connectivity index (χ0n) is 5.33. The van der Waals surface area contributed by atoms with Crippen molar-refractivity contribution in [2.75, 3.05) is 0 Å². The third-order valence-corrected chi connectivity index (χ3v) is 0.949. The van der Waals surface area contributed by atoms with Gasteiger partial charge in [0.15, 0.2) is 0 Å². The third kappa shape index (κ3) is 5.17. The zero-order valence-corrected chi connectivity index (χ0v) is 5.33. The molecule has 0 saturated heterocycles. The van der Waals surface area contributed by atoms with E-state index in [-0.39, 0.29) is 18.6 Å². The van der Waals surface area contributed by atoms with Gasteiger partial charge in [-0.25, -0.2) is 0 Å². The van der Waals surface area contributed by atoms with E-state index in [0.717, 1.165) is 0 Å². The van der Waals surface area contributed by atoms with Gasteiger partial charge in [0.1, 0.15) is 18.2 Å². The van der Waals surface area contributed by atoms with E-state index in [9.17, 15) is 9.59 Å². The topological polar surface area (TPSA) is 54.4 Å². The van der Waals surface area contributed by atoms with E-state index in [1.54, 1.807) is 0 Å². The molecule has 0 aromatic rings. The molecule has 3 heteroatoms. The van der Waals surface area contributed by atoms with E-state index in [4.69, 9.17) is 5.11 Å². The average molecular weight is 130 g/mol. The van der Waals surface area contributed by atoms with Crippen molar-refractivity contribution in [3.63, 3.8) is 0 Å². The van der Waals surface area contributed by atoms with Gasteiger partial charge in [0, 0.05) is 6.42 Å². The second-order valence-corrected chi connectivity index (χ2v) is 1.94. The SMILES string of the molecule is CC(=O)CCC(O)C=O. The van der Waals surface area contributed by atoms with Crippen molar-refractivity contribution >= 4 is 12.1 Å². The van der Waals surface area contributed by atoms with E-state index >= 15 is 0 Å². The molecule has 52 valence electrons. The summed E-state index contributed by atoms with van der Waals surface area (Å²) in [6.07, 6.45) is -0.00398. The van der Waals surface area contributed by atoms with Crippen molar-refractivity contribution < 1.29 is 14.7 Å². The molecule has 0 amide bonds. The van der Waals surface area contributed by atoms with Gasteiger partial charge in [-0.1, -0.05) is 0 Å². The number of rotatable bonds is 4. The molecule has 0 fully saturated rings. The summed E-state index contributed by atoms with van der Waals surface area (Å²) >= 11 is 0. The van der Waals surface area contributed by atoms with Crippen molar-refractivity contribution in [2.45, 2.75) is 25.9 Å². The van der Waals surface area contributed by atoms with Gasteiger partial charge in [0.25, 0.3) is 0 Å². The number of carbonyl (C=O) groups is 2. The Kier molecular flexibility index (Phi) is 3.88. The molecule has 1 atom stereocenters. The molecule has 1 N–H and O–H groups in total. The molecule has 0 aliphatic rings. The van der Waals surface area contributed by atoms with Crippen molar-refractivity contribution in [1.82, 2.24) is 0 Å². The van der Waals surface area contributed by atoms with Crippen LogP contribution in [0.4, 0.5) is 0 Å². The van der Waals surface area contributed by atoms with Crippen LogP contribution in [-0.4, -0.2) is 23.3 Å². The number of aliphatic hydroxyl groups is 1. The Balaban J connectivity index is 3.26. The van der Waals surface area contributed by atoms with E-state index in [2.05, 4.69) is 0 Å². The maximum Gasteiger partial charge on any atom is 0.148 e. The molecule has 1 unspecified atom stereocenters. The molecule has 0 aliphatic heterocycles. The number of Topliss-reactive ketones (excluding diaryl/α,β-unsaturated/α-hetero) is 1. The first kappa shape index (κ1) is 8.30. The highest BCUT2D eigenvalue weighted by atomic mass is 16.3. The smallest absolute Gasteiger partial charge is 0.148 e. The minimum absolute atomic E-state index is 0.00380. The molecule has 9 heavy (non-hydrogen) atoms. The van der Waals surface area contributed by atoms with Crippen LogP contribution < -0.4 is 0 Å². The lowest BCUT2D eigenvalue weighted by molar-refractivity contribution is -0.118. The predicted molar refractivity (Wildman–Crippen MR) is 32.0 cm³/mol. The first-order valence-electron chi connectivity index (χ1n) is 2.79. The van der Waals surface area contributed by atoms with Crippen LogP contribution in [0.25, 0.3) is 0 Å². The highest BCUT2D eigenvalue weighted by Crippen LogP contribution is 1.93. The molecule has 0 heterocycles. The van der Waals surface area contributed by atoms with Gasteiger partial charge in [-0.15, -0.1) is 0 Å². The standard InChI is InChI=1S/C6H10O3/c1-5(8)2-3-6(9)4-7/h4,6,9H,2-3H2,1H3. The van der Waals surface area contributed by atoms with Gasteiger partial charge < -0.3 is 14.7 Å². The van der Waals surface area contributed by atoms with Crippen LogP contribution in [0.15, 0.2) is 0 Å². The Bertz CT molecular complexity index is 109. The predicted octanol–water partition coefficient (Wildman–Crippen LogP) is -0.0846. The van der Waals surface area contributed by atoms with Gasteiger partial charge in [-0.05, 0) is 13.3 Å². The van der Waals surface area contributed by atoms with E-state index in [1.165, 1.54) is 6.92 Å². The van der Waals surface area contributed by atoms with Crippen LogP contribution in [0.3, 0.4) is 0 Å². The van der Waals surface area contributed by atoms with Gasteiger partial charge in [0.2, 0.25) is 0 Å². The number of carbonyl (C=O) groups excluding carboxylic acids is 2. The maximum absolute atomic E-state index is 10.2. The lowest BCUT2D eigenvalue weighted by atomic mass is 10.2. The van der Waals surface area contributed by atoms with Crippen molar-refractivity contribution in [3.05, 3.63) is 0 Å². The van der Waals surface area contributed by atoms with Crippen molar-refractivity contribution in [2.24, 2.45) is 0 Å². The molecule has 0 bridgehead atoms. The fourth-order valence-corrected chi connectivity index (χ4v) is 0.419. The summed E-state index contributed by atoms with van der Waals surface area (Å²) in [5.74, 6) is -0.00380. The van der Waals surface area contributed by atoms with Crippen molar-refractivity contribution in [1.29, 1.82) is 0 Å². The Morgan fingerprint density at radius 2 is 2.33 bits per heavy atom. The Morgan fingerprint density at radius 3 is 2.67 bits per heavy atom. The number of ketones is 1. The summed E-state index contributed by atoms with van der Waals surface area (Å²) in [6, 6.07) is 0. The Morgan fingerprint density at radius 1 is 1.78 bits per heavy atom. The van der Waals surface area contributed by atoms with Crippen LogP contribution in [0.5, 0.6) is 0 Å². The summed E-state index contributed by atoms with van der Waals surface area (Å²) in [4.78, 5) is 20.0. The second kappa shape index (κ2) is 4.21. The van der Waals surface area contributed by atoms with E-state index in [0.29, 0.717) is 6.29 Å². The van der Waals surface area contributed by atoms with Crippen LogP contribution in [0, 0.1) is 0 Å². The highest BCUT2D eigenvalue weighted by Gasteiger charge is 2.01. The molecular formula is C6H10O3. The van der Waals surface area contributed by atoms with Gasteiger partial charge in [-0.3, -0.25) is 0 Å². The van der Waals surface area contributed by atoms with Crippen LogP contribution >= 0.6 is 0 Å². The number of aliphatic hydroxyl groups excluding tert-OH is 1. The number of aldehydes is 1. The summed E-state index contributed by atoms with van der Waals surface area (Å²) in [6.45, 7) is 1.43. The summed E-state index contributed by atoms with van der Waals surface area (Å²) in [7, 11) is 0. The fourth-order valence-electron chi connectivity index (χ4n) is 0.419. The average Bonchev–Trinajstić information content (AvgIpc) is 1.83. The number of hydrogen-bond donors (Lipinski definition) is 1. The highest BCUT2D eigenvalue weighted by molar-refractivity contribution is 5.75. The Labute approximate surface area is 53.7 Å². The molecule has 0 aromatic heterocycles. The molecule has 0 spiro atoms. The first-order chi connectivity index (χ1) is 4.16. The van der Waals surface area contributed by atoms with Gasteiger partial charge in [-0.2, -0.15) is 0 Å². The first-order valence-corrected chi connectivity index (χ1v) is 2.79. The normalized spacial score (nSPS) is 12.7. The van der Waals surface area contributed by atoms with E-state index in [1.807, 2.05) is 0 Å². The minimum Gasteiger partial charge on any atom is -0.386 e. The molecule has 0 radical (unpaired) electrons. The molecule has 0 saturated carbocycles. The summed E-state index contributed by atoms with van der Waals surface area (Å²) < 4.78 is 0. The molecule has 0 aromatic carbocycles. The quantitative estimate of drug-likeness (QED) is 0.541. The maximum atomic E-state index is 10.2. The molecule has 3 nitrogen and oxygen atoms in total. The number of hydrogen-bond acceptors (Lipinski definition) is 3. The van der Waals surface area contributed by atoms with Crippen LogP contribution in [-0.2, 0) is 9.59 Å².